The molecule has 0 saturated carbocycles. The van der Waals surface area contributed by atoms with Crippen LogP contribution in [-0.2, 0) is 27.1 Å². The van der Waals surface area contributed by atoms with Gasteiger partial charge in [0.15, 0.2) is 0 Å². The van der Waals surface area contributed by atoms with Gasteiger partial charge >= 0.3 is 11.0 Å². The van der Waals surface area contributed by atoms with Crippen molar-refractivity contribution < 1.29 is 27.6 Å². The molecule has 1 N–H and O–H groups in total. The zero-order valence-electron chi connectivity index (χ0n) is 21.6. The van der Waals surface area contributed by atoms with E-state index >= 15 is 0 Å². The van der Waals surface area contributed by atoms with Crippen LogP contribution in [0.1, 0.15) is 21.9 Å². The van der Waals surface area contributed by atoms with Gasteiger partial charge in [0.1, 0.15) is 11.8 Å². The summed E-state index contributed by atoms with van der Waals surface area (Å²) in [6.45, 7) is -0.503. The van der Waals surface area contributed by atoms with Crippen LogP contribution in [0.15, 0.2) is 87.1 Å². The summed E-state index contributed by atoms with van der Waals surface area (Å²) >= 11 is 11.4. The maximum Gasteiger partial charge on any atom is 0.416 e. The number of nitrogens with one attached hydrogen (secondary N) is 1. The molecular weight excluding hydrogens is 691 g/mol. The standard InChI is InChI=1S/C29H18BrClF3N3O4S2/c30-16-6-10-19(11-7-16)37-25(39)22-21(14-4-8-17(31)9-5-14)24-27(42-23(22)26(37)40)36(28(41)43-24)13-20(38)35-18-3-1-2-15(12-18)29(32,33)34/h1-12,21-23H,13H2,(H,35,38). The van der Waals surface area contributed by atoms with E-state index in [0.29, 0.717) is 26.2 Å². The van der Waals surface area contributed by atoms with Gasteiger partial charge in [-0.25, -0.2) is 4.90 Å². The maximum absolute atomic E-state index is 13.9. The second kappa shape index (κ2) is 11.3. The summed E-state index contributed by atoms with van der Waals surface area (Å²) in [5, 5.41) is 2.35. The predicted octanol–water partition coefficient (Wildman–Crippen LogP) is 6.78. The van der Waals surface area contributed by atoms with E-state index in [9.17, 15) is 32.3 Å². The number of halogens is 5. The number of thioether (sulfide) groups is 1. The number of alkyl halides is 3. The van der Waals surface area contributed by atoms with Crippen molar-refractivity contribution in [3.8, 4) is 0 Å². The molecule has 2 aliphatic rings. The van der Waals surface area contributed by atoms with Crippen molar-refractivity contribution in [2.24, 2.45) is 5.92 Å². The van der Waals surface area contributed by atoms with Gasteiger partial charge in [-0.1, -0.05) is 68.8 Å². The number of hydrogen-bond acceptors (Lipinski definition) is 6. The highest BCUT2D eigenvalue weighted by Crippen LogP contribution is 2.54. The van der Waals surface area contributed by atoms with Crippen LogP contribution in [-0.4, -0.2) is 27.5 Å². The number of carbonyl (C=O) groups excluding carboxylic acids is 3. The largest absolute Gasteiger partial charge is 0.416 e. The lowest BCUT2D eigenvalue weighted by atomic mass is 9.83. The van der Waals surface area contributed by atoms with Crippen molar-refractivity contribution in [1.82, 2.24) is 4.57 Å². The lowest BCUT2D eigenvalue weighted by Crippen LogP contribution is -2.33. The average molecular weight is 709 g/mol. The minimum Gasteiger partial charge on any atom is -0.325 e. The average Bonchev–Trinajstić information content (AvgIpc) is 3.40. The third-order valence-corrected chi connectivity index (χ3v) is 10.5. The van der Waals surface area contributed by atoms with Gasteiger partial charge in [0.05, 0.1) is 22.2 Å². The number of imide groups is 1. The van der Waals surface area contributed by atoms with E-state index in [1.807, 2.05) is 0 Å². The fraction of sp³-hybridized carbons (Fsp3) is 0.172. The van der Waals surface area contributed by atoms with Crippen molar-refractivity contribution in [3.05, 3.63) is 108 Å². The van der Waals surface area contributed by atoms with E-state index in [-0.39, 0.29) is 5.69 Å². The quantitative estimate of drug-likeness (QED) is 0.231. The van der Waals surface area contributed by atoms with E-state index in [0.717, 1.165) is 44.6 Å². The molecule has 3 unspecified atom stereocenters. The Labute approximate surface area is 263 Å². The van der Waals surface area contributed by atoms with Gasteiger partial charge in [-0.05, 0) is 60.2 Å². The molecule has 14 heteroatoms. The molecule has 220 valence electrons. The number of amides is 3. The van der Waals surface area contributed by atoms with Crippen molar-refractivity contribution >= 4 is 79.7 Å². The Morgan fingerprint density at radius 2 is 1.67 bits per heavy atom. The van der Waals surface area contributed by atoms with E-state index in [1.165, 1.54) is 16.7 Å². The molecule has 3 aromatic carbocycles. The van der Waals surface area contributed by atoms with Crippen LogP contribution in [0.4, 0.5) is 24.5 Å². The first-order valence-electron chi connectivity index (χ1n) is 12.7. The number of aromatic nitrogens is 1. The SMILES string of the molecule is O=C(Cn1c2c(sc1=O)C(c1ccc(Cl)cc1)C1C(=O)N(c3ccc(Br)cc3)C(=O)C1S2)Nc1cccc(C(F)(F)F)c1. The monoisotopic (exact) mass is 707 g/mol. The van der Waals surface area contributed by atoms with Crippen LogP contribution in [0.25, 0.3) is 0 Å². The number of rotatable bonds is 5. The topological polar surface area (TPSA) is 88.5 Å². The van der Waals surface area contributed by atoms with Gasteiger partial charge in [0, 0.05) is 26.0 Å². The highest BCUT2D eigenvalue weighted by atomic mass is 79.9. The van der Waals surface area contributed by atoms with Gasteiger partial charge in [-0.2, -0.15) is 13.2 Å². The van der Waals surface area contributed by atoms with Crippen LogP contribution in [0.5, 0.6) is 0 Å². The highest BCUT2D eigenvalue weighted by Gasteiger charge is 2.56. The summed E-state index contributed by atoms with van der Waals surface area (Å²) in [5.41, 5.74) is 0.0683. The minimum atomic E-state index is -4.59. The second-order valence-corrected chi connectivity index (χ2v) is 13.3. The lowest BCUT2D eigenvalue weighted by molar-refractivity contribution is -0.137. The normalized spacial score (nSPS) is 19.7. The summed E-state index contributed by atoms with van der Waals surface area (Å²) in [6, 6.07) is 17.7. The zero-order valence-corrected chi connectivity index (χ0v) is 25.6. The first kappa shape index (κ1) is 29.7. The number of thiazole rings is 1. The summed E-state index contributed by atoms with van der Waals surface area (Å²) < 4.78 is 41.4. The molecule has 4 aromatic rings. The van der Waals surface area contributed by atoms with Crippen LogP contribution >= 0.6 is 50.6 Å². The molecule has 0 spiro atoms. The molecule has 2 aliphatic heterocycles. The van der Waals surface area contributed by atoms with E-state index in [2.05, 4.69) is 21.2 Å². The number of carbonyl (C=O) groups is 3. The lowest BCUT2D eigenvalue weighted by Gasteiger charge is -2.30. The number of nitrogens with zero attached hydrogens (tertiary/aromatic N) is 2. The van der Waals surface area contributed by atoms with Crippen molar-refractivity contribution in [1.29, 1.82) is 0 Å². The molecule has 0 aliphatic carbocycles. The Kier molecular flexibility index (Phi) is 7.78. The molecular formula is C29H18BrClF3N3O4S2. The third kappa shape index (κ3) is 5.54. The van der Waals surface area contributed by atoms with E-state index in [1.54, 1.807) is 48.5 Å². The molecule has 43 heavy (non-hydrogen) atoms. The third-order valence-electron chi connectivity index (χ3n) is 7.14. The fourth-order valence-corrected chi connectivity index (χ4v) is 8.41. The first-order chi connectivity index (χ1) is 20.4. The van der Waals surface area contributed by atoms with Crippen molar-refractivity contribution in [3.63, 3.8) is 0 Å². The number of anilines is 2. The van der Waals surface area contributed by atoms with Gasteiger partial charge in [0.25, 0.3) is 0 Å². The van der Waals surface area contributed by atoms with Crippen LogP contribution in [0, 0.1) is 5.92 Å². The molecule has 1 saturated heterocycles. The Bertz CT molecular complexity index is 1830. The van der Waals surface area contributed by atoms with Gasteiger partial charge < -0.3 is 5.32 Å². The Hall–Kier alpha value is -3.39. The molecule has 7 nitrogen and oxygen atoms in total. The van der Waals surface area contributed by atoms with Gasteiger partial charge in [-0.15, -0.1) is 0 Å². The van der Waals surface area contributed by atoms with E-state index in [4.69, 9.17) is 11.6 Å². The Morgan fingerprint density at radius 3 is 2.35 bits per heavy atom. The molecule has 0 radical (unpaired) electrons. The van der Waals surface area contributed by atoms with E-state index < -0.39 is 58.0 Å². The highest BCUT2D eigenvalue weighted by molar-refractivity contribution is 9.10. The molecule has 1 aromatic heterocycles. The molecule has 6 rings (SSSR count). The second-order valence-electron chi connectivity index (χ2n) is 9.83. The van der Waals surface area contributed by atoms with Gasteiger partial charge in [-0.3, -0.25) is 23.7 Å². The van der Waals surface area contributed by atoms with Crippen molar-refractivity contribution in [2.75, 3.05) is 10.2 Å². The molecule has 1 fully saturated rings. The first-order valence-corrected chi connectivity index (χ1v) is 15.5. The Morgan fingerprint density at radius 1 is 0.977 bits per heavy atom. The summed E-state index contributed by atoms with van der Waals surface area (Å²) in [6.07, 6.45) is -4.59. The van der Waals surface area contributed by atoms with Crippen molar-refractivity contribution in [2.45, 2.75) is 28.9 Å². The number of hydrogen-bond donors (Lipinski definition) is 1. The van der Waals surface area contributed by atoms with Crippen LogP contribution in [0.3, 0.4) is 0 Å². The predicted molar refractivity (Wildman–Crippen MR) is 162 cm³/mol. The molecule has 3 atom stereocenters. The minimum absolute atomic E-state index is 0.0783. The zero-order chi connectivity index (χ0) is 30.6. The fourth-order valence-electron chi connectivity index (χ4n) is 5.25. The number of benzene rings is 3. The molecule has 3 amide bonds. The van der Waals surface area contributed by atoms with Crippen LogP contribution < -0.4 is 15.1 Å². The Balaban J connectivity index is 1.37. The smallest absolute Gasteiger partial charge is 0.325 e. The maximum atomic E-state index is 13.9. The molecule has 3 heterocycles. The molecule has 0 bridgehead atoms. The summed E-state index contributed by atoms with van der Waals surface area (Å²) in [7, 11) is 0. The van der Waals surface area contributed by atoms with Gasteiger partial charge in [0.2, 0.25) is 17.7 Å². The summed E-state index contributed by atoms with van der Waals surface area (Å²) in [4.78, 5) is 55.0. The van der Waals surface area contributed by atoms with Crippen LogP contribution in [0.2, 0.25) is 5.02 Å². The number of fused-ring (bicyclic) bond motifs is 2. The summed E-state index contributed by atoms with van der Waals surface area (Å²) in [5.74, 6) is -3.10.